The number of hydrogen-bond donors (Lipinski definition) is 1. The quantitative estimate of drug-likeness (QED) is 0.824. The van der Waals surface area contributed by atoms with Crippen LogP contribution >= 0.6 is 11.6 Å². The molecule has 29 heavy (non-hydrogen) atoms. The number of carboxylic acid groups (broad SMARTS) is 1. The molecule has 3 heterocycles. The molecule has 1 aromatic heterocycles. The van der Waals surface area contributed by atoms with Gasteiger partial charge in [-0.15, -0.1) is 0 Å². The molecule has 8 heteroatoms. The lowest BCUT2D eigenvalue weighted by atomic mass is 9.77. The van der Waals surface area contributed by atoms with Gasteiger partial charge in [0.15, 0.2) is 5.69 Å². The number of rotatable bonds is 3. The Morgan fingerprint density at radius 3 is 2.66 bits per heavy atom. The lowest BCUT2D eigenvalue weighted by Gasteiger charge is -2.39. The van der Waals surface area contributed by atoms with Crippen LogP contribution < -0.4 is 9.80 Å². The topological polar surface area (TPSA) is 93.3 Å². The fourth-order valence-corrected chi connectivity index (χ4v) is 4.82. The fourth-order valence-electron chi connectivity index (χ4n) is 4.61. The highest BCUT2D eigenvalue weighted by atomic mass is 35.5. The van der Waals surface area contributed by atoms with Gasteiger partial charge in [0, 0.05) is 31.4 Å². The molecule has 2 aliphatic heterocycles. The number of halogens is 1. The molecule has 0 bridgehead atoms. The van der Waals surface area contributed by atoms with E-state index in [0.717, 1.165) is 50.4 Å². The zero-order chi connectivity index (χ0) is 20.6. The van der Waals surface area contributed by atoms with Gasteiger partial charge in [-0.25, -0.2) is 14.8 Å². The number of carboxylic acids is 1. The van der Waals surface area contributed by atoms with Gasteiger partial charge in [0.05, 0.1) is 23.0 Å². The summed E-state index contributed by atoms with van der Waals surface area (Å²) in [7, 11) is 0. The van der Waals surface area contributed by atoms with Crippen LogP contribution in [0.3, 0.4) is 0 Å². The second kappa shape index (κ2) is 7.53. The van der Waals surface area contributed by atoms with Crippen LogP contribution in [0.4, 0.5) is 11.5 Å². The van der Waals surface area contributed by atoms with Crippen molar-refractivity contribution in [3.63, 3.8) is 0 Å². The Kier molecular flexibility index (Phi) is 5.05. The van der Waals surface area contributed by atoms with Crippen LogP contribution in [0, 0.1) is 16.7 Å². The Morgan fingerprint density at radius 1 is 1.31 bits per heavy atom. The first-order valence-corrected chi connectivity index (χ1v) is 10.1. The highest BCUT2D eigenvalue weighted by Crippen LogP contribution is 2.45. The van der Waals surface area contributed by atoms with Crippen molar-refractivity contribution in [2.75, 3.05) is 29.4 Å². The van der Waals surface area contributed by atoms with Crippen LogP contribution in [-0.4, -0.2) is 46.7 Å². The van der Waals surface area contributed by atoms with Crippen LogP contribution in [0.5, 0.6) is 0 Å². The van der Waals surface area contributed by atoms with Gasteiger partial charge >= 0.3 is 5.97 Å². The molecule has 1 aromatic carbocycles. The third-order valence-corrected chi connectivity index (χ3v) is 6.49. The number of benzene rings is 1. The summed E-state index contributed by atoms with van der Waals surface area (Å²) in [5, 5.41) is 18.6. The predicted octanol–water partition coefficient (Wildman–Crippen LogP) is 3.59. The average molecular weight is 412 g/mol. The monoisotopic (exact) mass is 411 g/mol. The molecule has 1 atom stereocenters. The summed E-state index contributed by atoms with van der Waals surface area (Å²) in [5.41, 5.74) is 1.77. The minimum atomic E-state index is -1.07. The van der Waals surface area contributed by atoms with Crippen molar-refractivity contribution in [1.29, 1.82) is 5.26 Å². The molecule has 0 unspecified atom stereocenters. The lowest BCUT2D eigenvalue weighted by molar-refractivity contribution is 0.0690. The van der Waals surface area contributed by atoms with Crippen LogP contribution in [0.25, 0.3) is 0 Å². The molecule has 150 valence electrons. The zero-order valence-electron chi connectivity index (χ0n) is 16.2. The standard InChI is InChI=1S/C21H22ClN5O2/c1-14-9-21(13-27(14)16-3-2-15(10-23)17(22)8-16)4-6-26(7-5-21)19-12-24-18(11-25-19)20(28)29/h2-3,8,11-12,14H,4-7,9,13H2,1H3,(H,28,29)/t14-/m1/s1. The Bertz CT molecular complexity index is 964. The van der Waals surface area contributed by atoms with Crippen molar-refractivity contribution < 1.29 is 9.90 Å². The van der Waals surface area contributed by atoms with E-state index < -0.39 is 5.97 Å². The molecule has 4 rings (SSSR count). The maximum Gasteiger partial charge on any atom is 0.356 e. The molecular formula is C21H22ClN5O2. The van der Waals surface area contributed by atoms with Gasteiger partial charge in [-0.2, -0.15) is 5.26 Å². The third-order valence-electron chi connectivity index (χ3n) is 6.18. The van der Waals surface area contributed by atoms with Crippen LogP contribution in [0.2, 0.25) is 5.02 Å². The van der Waals surface area contributed by atoms with E-state index in [1.807, 2.05) is 12.1 Å². The average Bonchev–Trinajstić information content (AvgIpc) is 3.04. The first kappa shape index (κ1) is 19.5. The van der Waals surface area contributed by atoms with E-state index in [1.54, 1.807) is 12.3 Å². The predicted molar refractivity (Wildman–Crippen MR) is 110 cm³/mol. The minimum Gasteiger partial charge on any atom is -0.476 e. The molecule has 0 amide bonds. The second-order valence-electron chi connectivity index (χ2n) is 8.01. The number of aromatic carboxylic acids is 1. The largest absolute Gasteiger partial charge is 0.476 e. The highest BCUT2D eigenvalue weighted by Gasteiger charge is 2.44. The molecule has 2 saturated heterocycles. The van der Waals surface area contributed by atoms with E-state index >= 15 is 0 Å². The summed E-state index contributed by atoms with van der Waals surface area (Å²) in [6, 6.07) is 8.18. The SMILES string of the molecule is C[C@@H]1CC2(CCN(c3cnc(C(=O)O)cn3)CC2)CN1c1ccc(C#N)c(Cl)c1. The first-order chi connectivity index (χ1) is 13.9. The number of aromatic nitrogens is 2. The summed E-state index contributed by atoms with van der Waals surface area (Å²) in [6.45, 7) is 4.95. The van der Waals surface area contributed by atoms with Crippen molar-refractivity contribution in [1.82, 2.24) is 9.97 Å². The number of nitriles is 1. The summed E-state index contributed by atoms with van der Waals surface area (Å²) in [4.78, 5) is 23.8. The number of carbonyl (C=O) groups is 1. The van der Waals surface area contributed by atoms with Gasteiger partial charge in [0.25, 0.3) is 0 Å². The van der Waals surface area contributed by atoms with Gasteiger partial charge in [0.2, 0.25) is 0 Å². The number of hydrogen-bond acceptors (Lipinski definition) is 6. The van der Waals surface area contributed by atoms with Gasteiger partial charge in [-0.3, -0.25) is 0 Å². The molecular weight excluding hydrogens is 390 g/mol. The van der Waals surface area contributed by atoms with Crippen LogP contribution in [-0.2, 0) is 0 Å². The van der Waals surface area contributed by atoms with Crippen LogP contribution in [0.1, 0.15) is 42.2 Å². The smallest absolute Gasteiger partial charge is 0.356 e. The summed E-state index contributed by atoms with van der Waals surface area (Å²) in [6.07, 6.45) is 6.06. The summed E-state index contributed by atoms with van der Waals surface area (Å²) in [5.74, 6) is -0.337. The molecule has 0 radical (unpaired) electrons. The maximum absolute atomic E-state index is 10.9. The molecule has 2 aliphatic rings. The molecule has 0 saturated carbocycles. The van der Waals surface area contributed by atoms with E-state index in [2.05, 4.69) is 32.8 Å². The van der Waals surface area contributed by atoms with Crippen LogP contribution in [0.15, 0.2) is 30.6 Å². The van der Waals surface area contributed by atoms with E-state index in [-0.39, 0.29) is 11.1 Å². The Hall–Kier alpha value is -2.85. The normalized spacial score (nSPS) is 20.7. The number of piperidine rings is 1. The van der Waals surface area contributed by atoms with E-state index in [0.29, 0.717) is 16.6 Å². The third kappa shape index (κ3) is 3.73. The van der Waals surface area contributed by atoms with Gasteiger partial charge in [-0.05, 0) is 49.8 Å². The van der Waals surface area contributed by atoms with E-state index in [1.165, 1.54) is 6.20 Å². The second-order valence-corrected chi connectivity index (χ2v) is 8.42. The van der Waals surface area contributed by atoms with Gasteiger partial charge in [-0.1, -0.05) is 11.6 Å². The van der Waals surface area contributed by atoms with Gasteiger partial charge in [0.1, 0.15) is 11.9 Å². The molecule has 2 fully saturated rings. The fraction of sp³-hybridized carbons (Fsp3) is 0.429. The molecule has 1 spiro atoms. The highest BCUT2D eigenvalue weighted by molar-refractivity contribution is 6.32. The lowest BCUT2D eigenvalue weighted by Crippen LogP contribution is -2.42. The van der Waals surface area contributed by atoms with Crippen molar-refractivity contribution in [2.24, 2.45) is 5.41 Å². The summed E-state index contributed by atoms with van der Waals surface area (Å²) < 4.78 is 0. The minimum absolute atomic E-state index is 0.0384. The van der Waals surface area contributed by atoms with Crippen molar-refractivity contribution in [2.45, 2.75) is 32.2 Å². The molecule has 1 N–H and O–H groups in total. The molecule has 0 aliphatic carbocycles. The van der Waals surface area contributed by atoms with Crippen molar-refractivity contribution >= 4 is 29.1 Å². The Labute approximate surface area is 174 Å². The van der Waals surface area contributed by atoms with Gasteiger partial charge < -0.3 is 14.9 Å². The van der Waals surface area contributed by atoms with E-state index in [9.17, 15) is 4.79 Å². The maximum atomic E-state index is 10.9. The van der Waals surface area contributed by atoms with Crippen molar-refractivity contribution in [3.8, 4) is 6.07 Å². The zero-order valence-corrected chi connectivity index (χ0v) is 16.9. The Morgan fingerprint density at radius 2 is 2.07 bits per heavy atom. The first-order valence-electron chi connectivity index (χ1n) is 9.67. The van der Waals surface area contributed by atoms with Crippen molar-refractivity contribution in [3.05, 3.63) is 46.9 Å². The van der Waals surface area contributed by atoms with E-state index in [4.69, 9.17) is 22.0 Å². The Balaban J connectivity index is 1.44. The molecule has 2 aromatic rings. The summed E-state index contributed by atoms with van der Waals surface area (Å²) >= 11 is 6.25. The molecule has 7 nitrogen and oxygen atoms in total. The number of anilines is 2. The number of nitrogens with zero attached hydrogens (tertiary/aromatic N) is 5.